The van der Waals surface area contributed by atoms with Crippen molar-refractivity contribution < 1.29 is 39.2 Å². The second kappa shape index (κ2) is 12.4. The second-order valence-corrected chi connectivity index (χ2v) is 10.4. The number of H-pyrrole nitrogens is 1. The molecule has 5 N–H and O–H groups in total. The van der Waals surface area contributed by atoms with E-state index < -0.39 is 41.8 Å². The number of hydrogen-bond donors (Lipinski definition) is 5. The second-order valence-electron chi connectivity index (χ2n) is 10.4. The molecule has 0 saturated carbocycles. The van der Waals surface area contributed by atoms with Crippen molar-refractivity contribution in [2.24, 2.45) is 0 Å². The summed E-state index contributed by atoms with van der Waals surface area (Å²) >= 11 is 0. The maximum Gasteiger partial charge on any atom is 0.290 e. The summed E-state index contributed by atoms with van der Waals surface area (Å²) in [6.45, 7) is 1.11. The Kier molecular flexibility index (Phi) is 8.62. The van der Waals surface area contributed by atoms with Gasteiger partial charge in [-0.15, -0.1) is 0 Å². The van der Waals surface area contributed by atoms with Gasteiger partial charge in [-0.1, -0.05) is 25.1 Å². The number of amides is 2. The Bertz CT molecular complexity index is 1500. The van der Waals surface area contributed by atoms with Crippen LogP contribution < -0.4 is 14.8 Å². The number of nitrogens with zero attached hydrogens (tertiary/aromatic N) is 1. The van der Waals surface area contributed by atoms with E-state index in [-0.39, 0.29) is 38.3 Å². The van der Waals surface area contributed by atoms with Gasteiger partial charge >= 0.3 is 0 Å². The molecular weight excluding hydrogens is 542 g/mol. The van der Waals surface area contributed by atoms with Gasteiger partial charge in [0.2, 0.25) is 11.7 Å². The van der Waals surface area contributed by atoms with Crippen LogP contribution in [-0.2, 0) is 27.4 Å². The van der Waals surface area contributed by atoms with E-state index in [0.717, 1.165) is 16.6 Å². The molecular formula is C31H35N3O8. The number of aromatic nitrogens is 1. The van der Waals surface area contributed by atoms with Gasteiger partial charge in [-0.2, -0.15) is 0 Å². The third-order valence-electron chi connectivity index (χ3n) is 7.88. The molecule has 2 amide bonds. The SMILES string of the molecule is CCC(=O)C(=O)N(CCc1cc2ccccc2[nH]1)C1C=C(C(=O)NCCO)C2c3cc(CO)cc(OC)c3OC2C1O. The molecule has 0 fully saturated rings. The highest BCUT2D eigenvalue weighted by molar-refractivity contribution is 6.36. The predicted octanol–water partition coefficient (Wildman–Crippen LogP) is 1.34. The first-order chi connectivity index (χ1) is 20.3. The molecule has 1 aliphatic heterocycles. The summed E-state index contributed by atoms with van der Waals surface area (Å²) in [6, 6.07) is 12.0. The molecule has 2 aromatic carbocycles. The number of ketones is 1. The number of aliphatic hydroxyl groups excluding tert-OH is 3. The number of carbonyl (C=O) groups is 3. The van der Waals surface area contributed by atoms with Gasteiger partial charge in [-0.3, -0.25) is 14.4 Å². The van der Waals surface area contributed by atoms with Crippen molar-refractivity contribution in [1.29, 1.82) is 0 Å². The number of fused-ring (bicyclic) bond motifs is 4. The number of para-hydroxylation sites is 1. The lowest BCUT2D eigenvalue weighted by atomic mass is 9.77. The Balaban J connectivity index is 1.55. The zero-order chi connectivity index (χ0) is 30.0. The molecule has 2 aliphatic rings. The third kappa shape index (κ3) is 5.38. The quantitative estimate of drug-likeness (QED) is 0.213. The molecule has 5 rings (SSSR count). The van der Waals surface area contributed by atoms with Crippen LogP contribution in [0, 0.1) is 0 Å². The molecule has 42 heavy (non-hydrogen) atoms. The summed E-state index contributed by atoms with van der Waals surface area (Å²) in [5.41, 5.74) is 3.08. The van der Waals surface area contributed by atoms with Crippen molar-refractivity contribution >= 4 is 28.5 Å². The average Bonchev–Trinajstić information content (AvgIpc) is 3.61. The number of carbonyl (C=O) groups excluding carboxylic acids is 3. The third-order valence-corrected chi connectivity index (χ3v) is 7.88. The number of rotatable bonds is 11. The Labute approximate surface area is 242 Å². The molecule has 0 bridgehead atoms. The minimum atomic E-state index is -1.31. The molecule has 3 aromatic rings. The topological polar surface area (TPSA) is 161 Å². The van der Waals surface area contributed by atoms with Gasteiger partial charge in [-0.25, -0.2) is 0 Å². The fraction of sp³-hybridized carbons (Fsp3) is 0.387. The van der Waals surface area contributed by atoms with Crippen LogP contribution in [-0.4, -0.2) is 87.9 Å². The van der Waals surface area contributed by atoms with Gasteiger partial charge in [0.25, 0.3) is 5.91 Å². The molecule has 2 heterocycles. The molecule has 1 aliphatic carbocycles. The maximum atomic E-state index is 13.5. The lowest BCUT2D eigenvalue weighted by Gasteiger charge is -2.40. The first-order valence-electron chi connectivity index (χ1n) is 14.0. The first-order valence-corrected chi connectivity index (χ1v) is 14.0. The summed E-state index contributed by atoms with van der Waals surface area (Å²) < 4.78 is 11.7. The van der Waals surface area contributed by atoms with Crippen molar-refractivity contribution in [2.75, 3.05) is 26.8 Å². The van der Waals surface area contributed by atoms with Crippen molar-refractivity contribution in [3.63, 3.8) is 0 Å². The number of methoxy groups -OCH3 is 1. The molecule has 222 valence electrons. The van der Waals surface area contributed by atoms with Gasteiger partial charge in [-0.05, 0) is 41.3 Å². The first kappa shape index (κ1) is 29.3. The lowest BCUT2D eigenvalue weighted by molar-refractivity contribution is -0.148. The largest absolute Gasteiger partial charge is 0.493 e. The number of Topliss-reactive ketones (excluding diaryl/α,β-unsaturated/α-hetero) is 1. The van der Waals surface area contributed by atoms with E-state index in [4.69, 9.17) is 9.47 Å². The van der Waals surface area contributed by atoms with Crippen LogP contribution in [0.4, 0.5) is 0 Å². The summed E-state index contributed by atoms with van der Waals surface area (Å²) in [5.74, 6) is -1.99. The van der Waals surface area contributed by atoms with Crippen LogP contribution >= 0.6 is 0 Å². The minimum absolute atomic E-state index is 0.00809. The molecule has 11 heteroatoms. The van der Waals surface area contributed by atoms with Crippen LogP contribution in [0.5, 0.6) is 11.5 Å². The molecule has 0 radical (unpaired) electrons. The summed E-state index contributed by atoms with van der Waals surface area (Å²) in [4.78, 5) is 44.2. The van der Waals surface area contributed by atoms with Crippen LogP contribution in [0.2, 0.25) is 0 Å². The van der Waals surface area contributed by atoms with Crippen LogP contribution in [0.25, 0.3) is 10.9 Å². The maximum absolute atomic E-state index is 13.5. The van der Waals surface area contributed by atoms with E-state index in [1.165, 1.54) is 18.1 Å². The van der Waals surface area contributed by atoms with E-state index in [1.54, 1.807) is 19.1 Å². The average molecular weight is 578 g/mol. The zero-order valence-corrected chi connectivity index (χ0v) is 23.5. The van der Waals surface area contributed by atoms with E-state index in [0.29, 0.717) is 29.0 Å². The minimum Gasteiger partial charge on any atom is -0.493 e. The summed E-state index contributed by atoms with van der Waals surface area (Å²) in [6.07, 6.45) is -0.444. The Hall–Kier alpha value is -4.19. The van der Waals surface area contributed by atoms with Crippen LogP contribution in [0.15, 0.2) is 54.1 Å². The van der Waals surface area contributed by atoms with E-state index in [2.05, 4.69) is 10.3 Å². The fourth-order valence-electron chi connectivity index (χ4n) is 5.83. The zero-order valence-electron chi connectivity index (χ0n) is 23.5. The van der Waals surface area contributed by atoms with Gasteiger partial charge < -0.3 is 40.0 Å². The van der Waals surface area contributed by atoms with Crippen LogP contribution in [0.1, 0.15) is 36.1 Å². The number of benzene rings is 2. The highest BCUT2D eigenvalue weighted by Gasteiger charge is 2.51. The van der Waals surface area contributed by atoms with Gasteiger partial charge in [0.1, 0.15) is 12.2 Å². The fourth-order valence-corrected chi connectivity index (χ4v) is 5.83. The normalized spacial score (nSPS) is 20.7. The molecule has 0 spiro atoms. The number of nitrogens with one attached hydrogen (secondary N) is 2. The van der Waals surface area contributed by atoms with Crippen molar-refractivity contribution in [3.05, 3.63) is 70.9 Å². The Morgan fingerprint density at radius 1 is 1.14 bits per heavy atom. The highest BCUT2D eigenvalue weighted by atomic mass is 16.5. The molecule has 1 aromatic heterocycles. The van der Waals surface area contributed by atoms with Gasteiger partial charge in [0.15, 0.2) is 11.5 Å². The Morgan fingerprint density at radius 3 is 2.62 bits per heavy atom. The van der Waals surface area contributed by atoms with Crippen LogP contribution in [0.3, 0.4) is 0 Å². The number of aromatic amines is 1. The van der Waals surface area contributed by atoms with E-state index in [9.17, 15) is 29.7 Å². The van der Waals surface area contributed by atoms with Gasteiger partial charge in [0, 0.05) is 48.3 Å². The van der Waals surface area contributed by atoms with Crippen molar-refractivity contribution in [2.45, 2.75) is 50.5 Å². The number of hydrogen-bond acceptors (Lipinski definition) is 8. The lowest BCUT2D eigenvalue weighted by Crippen LogP contribution is -2.57. The number of aliphatic hydroxyl groups is 3. The molecule has 0 saturated heterocycles. The van der Waals surface area contributed by atoms with Crippen molar-refractivity contribution in [1.82, 2.24) is 15.2 Å². The summed E-state index contributed by atoms with van der Waals surface area (Å²) in [7, 11) is 1.45. The standard InChI is InChI=1S/C31H35N3O8/c1-3-24(37)31(40)34(10-8-19-14-18-6-4-5-7-22(18)33-19)23-15-21(30(39)32-9-11-35)26-20-12-17(16-36)13-25(41-2)28(20)42-29(26)27(23)38/h4-7,12-15,23,26-27,29,33,35-36,38H,3,8-11,16H2,1-2H3,(H,32,39). The van der Waals surface area contributed by atoms with Gasteiger partial charge in [0.05, 0.1) is 32.3 Å². The molecule has 4 unspecified atom stereocenters. The summed E-state index contributed by atoms with van der Waals surface area (Å²) in [5, 5.41) is 34.6. The van der Waals surface area contributed by atoms with Crippen molar-refractivity contribution in [3.8, 4) is 11.5 Å². The van der Waals surface area contributed by atoms with E-state index in [1.807, 2.05) is 30.3 Å². The monoisotopic (exact) mass is 577 g/mol. The smallest absolute Gasteiger partial charge is 0.290 e. The number of ether oxygens (including phenoxy) is 2. The highest BCUT2D eigenvalue weighted by Crippen LogP contribution is 2.51. The predicted molar refractivity (Wildman–Crippen MR) is 153 cm³/mol. The van der Waals surface area contributed by atoms with E-state index >= 15 is 0 Å². The molecule has 11 nitrogen and oxygen atoms in total. The molecule has 4 atom stereocenters. The Morgan fingerprint density at radius 2 is 1.93 bits per heavy atom.